The highest BCUT2D eigenvalue weighted by atomic mass is 16.5. The molecule has 0 unspecified atom stereocenters. The predicted octanol–water partition coefficient (Wildman–Crippen LogP) is 4.96. The van der Waals surface area contributed by atoms with Crippen LogP contribution in [0.15, 0.2) is 52.4 Å². The lowest BCUT2D eigenvalue weighted by Gasteiger charge is -2.25. The van der Waals surface area contributed by atoms with E-state index in [0.717, 1.165) is 5.56 Å². The van der Waals surface area contributed by atoms with Crippen LogP contribution < -0.4 is 24.4 Å². The van der Waals surface area contributed by atoms with E-state index >= 15 is 0 Å². The molecular weight excluding hydrogens is 384 g/mol. The van der Waals surface area contributed by atoms with Crippen molar-refractivity contribution in [3.8, 4) is 34.1 Å². The molecule has 30 heavy (non-hydrogen) atoms. The Morgan fingerprint density at radius 1 is 0.867 bits per heavy atom. The summed E-state index contributed by atoms with van der Waals surface area (Å²) in [5.74, 6) is 2.00. The molecule has 0 aliphatic carbocycles. The van der Waals surface area contributed by atoms with Gasteiger partial charge in [0.05, 0.1) is 34.0 Å². The molecular formula is C24H26O6. The van der Waals surface area contributed by atoms with Crippen molar-refractivity contribution >= 4 is 11.0 Å². The molecule has 3 rings (SSSR count). The Kier molecular flexibility index (Phi) is 5.78. The van der Waals surface area contributed by atoms with E-state index in [0.29, 0.717) is 45.1 Å². The van der Waals surface area contributed by atoms with E-state index < -0.39 is 5.41 Å². The van der Waals surface area contributed by atoms with Gasteiger partial charge in [-0.05, 0) is 23.3 Å². The number of methoxy groups -OCH3 is 4. The predicted molar refractivity (Wildman–Crippen MR) is 117 cm³/mol. The van der Waals surface area contributed by atoms with Gasteiger partial charge in [-0.15, -0.1) is 6.58 Å². The topological polar surface area (TPSA) is 67.1 Å². The first-order valence-electron chi connectivity index (χ1n) is 9.39. The van der Waals surface area contributed by atoms with Gasteiger partial charge in [0.15, 0.2) is 11.5 Å². The first kappa shape index (κ1) is 21.3. The van der Waals surface area contributed by atoms with Crippen LogP contribution in [0.1, 0.15) is 19.4 Å². The highest BCUT2D eigenvalue weighted by Crippen LogP contribution is 2.41. The molecule has 0 saturated heterocycles. The Labute approximate surface area is 175 Å². The second-order valence-corrected chi connectivity index (χ2v) is 7.36. The summed E-state index contributed by atoms with van der Waals surface area (Å²) >= 11 is 0. The third kappa shape index (κ3) is 3.49. The van der Waals surface area contributed by atoms with Crippen molar-refractivity contribution in [2.75, 3.05) is 28.4 Å². The monoisotopic (exact) mass is 410 g/mol. The minimum Gasteiger partial charge on any atom is -0.496 e. The van der Waals surface area contributed by atoms with E-state index in [1.165, 1.54) is 13.4 Å². The summed E-state index contributed by atoms with van der Waals surface area (Å²) in [6.07, 6.45) is 3.28. The van der Waals surface area contributed by atoms with Gasteiger partial charge in [0.2, 0.25) is 5.43 Å². The standard InChI is InChI=1S/C24H26O6/c1-8-24(2,3)17-12-19(28-6)18(27-5)11-15(17)16-13-30-21-10-14(26-4)9-20(29-7)22(21)23(16)25/h8-13H,1H2,2-7H3. The summed E-state index contributed by atoms with van der Waals surface area (Å²) in [6, 6.07) is 6.97. The highest BCUT2D eigenvalue weighted by Gasteiger charge is 2.26. The van der Waals surface area contributed by atoms with Crippen molar-refractivity contribution in [1.29, 1.82) is 0 Å². The van der Waals surface area contributed by atoms with Gasteiger partial charge >= 0.3 is 0 Å². The zero-order valence-electron chi connectivity index (χ0n) is 18.1. The van der Waals surface area contributed by atoms with Crippen molar-refractivity contribution in [2.24, 2.45) is 0 Å². The van der Waals surface area contributed by atoms with Gasteiger partial charge in [-0.2, -0.15) is 0 Å². The molecule has 0 saturated carbocycles. The van der Waals surface area contributed by atoms with Gasteiger partial charge in [-0.3, -0.25) is 4.79 Å². The van der Waals surface area contributed by atoms with E-state index in [1.807, 2.05) is 26.0 Å². The average Bonchev–Trinajstić information content (AvgIpc) is 2.77. The fraction of sp³-hybridized carbons (Fsp3) is 0.292. The molecule has 158 valence electrons. The maximum Gasteiger partial charge on any atom is 0.204 e. The van der Waals surface area contributed by atoms with Crippen LogP contribution in [0.25, 0.3) is 22.1 Å². The molecule has 3 aromatic rings. The summed E-state index contributed by atoms with van der Waals surface area (Å²) in [7, 11) is 6.17. The van der Waals surface area contributed by atoms with Crippen LogP contribution in [-0.2, 0) is 5.41 Å². The second-order valence-electron chi connectivity index (χ2n) is 7.36. The largest absolute Gasteiger partial charge is 0.496 e. The molecule has 2 aromatic carbocycles. The Hall–Kier alpha value is -3.41. The molecule has 6 nitrogen and oxygen atoms in total. The number of benzene rings is 2. The molecule has 0 radical (unpaired) electrons. The quantitative estimate of drug-likeness (QED) is 0.513. The van der Waals surface area contributed by atoms with Gasteiger partial charge in [0.25, 0.3) is 0 Å². The molecule has 0 bridgehead atoms. The van der Waals surface area contributed by atoms with Gasteiger partial charge in [0.1, 0.15) is 28.7 Å². The summed E-state index contributed by atoms with van der Waals surface area (Å²) in [5.41, 5.74) is 1.63. The van der Waals surface area contributed by atoms with Crippen LogP contribution in [0.3, 0.4) is 0 Å². The lowest BCUT2D eigenvalue weighted by atomic mass is 9.80. The molecule has 0 amide bonds. The Morgan fingerprint density at radius 2 is 1.50 bits per heavy atom. The number of hydrogen-bond acceptors (Lipinski definition) is 6. The second kappa shape index (κ2) is 8.14. The minimum absolute atomic E-state index is 0.218. The first-order chi connectivity index (χ1) is 14.3. The van der Waals surface area contributed by atoms with Crippen LogP contribution in [-0.4, -0.2) is 28.4 Å². The van der Waals surface area contributed by atoms with Crippen LogP contribution in [0.5, 0.6) is 23.0 Å². The van der Waals surface area contributed by atoms with E-state index in [9.17, 15) is 4.79 Å². The number of ether oxygens (including phenoxy) is 4. The Morgan fingerprint density at radius 3 is 2.07 bits per heavy atom. The molecule has 0 N–H and O–H groups in total. The van der Waals surface area contributed by atoms with E-state index in [2.05, 4.69) is 6.58 Å². The van der Waals surface area contributed by atoms with Crippen LogP contribution in [0.4, 0.5) is 0 Å². The zero-order chi connectivity index (χ0) is 22.1. The summed E-state index contributed by atoms with van der Waals surface area (Å²) in [4.78, 5) is 13.6. The maximum atomic E-state index is 13.6. The van der Waals surface area contributed by atoms with Gasteiger partial charge in [-0.1, -0.05) is 19.9 Å². The van der Waals surface area contributed by atoms with Crippen LogP contribution in [0.2, 0.25) is 0 Å². The summed E-state index contributed by atoms with van der Waals surface area (Å²) < 4.78 is 27.5. The summed E-state index contributed by atoms with van der Waals surface area (Å²) in [6.45, 7) is 7.98. The number of fused-ring (bicyclic) bond motifs is 1. The number of hydrogen-bond donors (Lipinski definition) is 0. The molecule has 1 aromatic heterocycles. The van der Waals surface area contributed by atoms with Crippen molar-refractivity contribution in [3.63, 3.8) is 0 Å². The van der Waals surface area contributed by atoms with Gasteiger partial charge in [0, 0.05) is 17.5 Å². The fourth-order valence-electron chi connectivity index (χ4n) is 3.40. The minimum atomic E-state index is -0.444. The van der Waals surface area contributed by atoms with E-state index in [1.54, 1.807) is 39.5 Å². The van der Waals surface area contributed by atoms with E-state index in [-0.39, 0.29) is 5.43 Å². The van der Waals surface area contributed by atoms with Crippen molar-refractivity contribution < 1.29 is 23.4 Å². The molecule has 6 heteroatoms. The summed E-state index contributed by atoms with van der Waals surface area (Å²) in [5, 5.41) is 0.341. The van der Waals surface area contributed by atoms with E-state index in [4.69, 9.17) is 23.4 Å². The van der Waals surface area contributed by atoms with Crippen LogP contribution in [0, 0.1) is 0 Å². The third-order valence-corrected chi connectivity index (χ3v) is 5.29. The molecule has 0 atom stereocenters. The smallest absolute Gasteiger partial charge is 0.204 e. The lowest BCUT2D eigenvalue weighted by molar-refractivity contribution is 0.354. The molecule has 0 aliphatic heterocycles. The highest BCUT2D eigenvalue weighted by molar-refractivity contribution is 5.89. The zero-order valence-corrected chi connectivity index (χ0v) is 18.1. The SMILES string of the molecule is C=CC(C)(C)c1cc(OC)c(OC)cc1-c1coc2cc(OC)cc(OC)c2c1=O. The Bertz CT molecular complexity index is 1160. The molecule has 1 heterocycles. The van der Waals surface area contributed by atoms with Gasteiger partial charge in [-0.25, -0.2) is 0 Å². The number of rotatable bonds is 7. The molecule has 0 aliphatic rings. The number of allylic oxidation sites excluding steroid dienone is 1. The van der Waals surface area contributed by atoms with Crippen molar-refractivity contribution in [1.82, 2.24) is 0 Å². The average molecular weight is 410 g/mol. The van der Waals surface area contributed by atoms with Crippen molar-refractivity contribution in [3.05, 3.63) is 59.0 Å². The fourth-order valence-corrected chi connectivity index (χ4v) is 3.40. The third-order valence-electron chi connectivity index (χ3n) is 5.29. The Balaban J connectivity index is 2.41. The first-order valence-corrected chi connectivity index (χ1v) is 9.39. The van der Waals surface area contributed by atoms with Gasteiger partial charge < -0.3 is 23.4 Å². The molecule has 0 fully saturated rings. The maximum absolute atomic E-state index is 13.6. The normalized spacial score (nSPS) is 11.3. The van der Waals surface area contributed by atoms with Crippen LogP contribution >= 0.6 is 0 Å². The molecule has 0 spiro atoms. The lowest BCUT2D eigenvalue weighted by Crippen LogP contribution is -2.17. The van der Waals surface area contributed by atoms with Crippen molar-refractivity contribution in [2.45, 2.75) is 19.3 Å².